The molecule has 2 rings (SSSR count). The van der Waals surface area contributed by atoms with Crippen LogP contribution in [0.2, 0.25) is 0 Å². The zero-order chi connectivity index (χ0) is 21.2. The van der Waals surface area contributed by atoms with Crippen molar-refractivity contribution in [2.75, 3.05) is 38.9 Å². The topological polar surface area (TPSA) is 81.1 Å². The molecule has 0 aliphatic rings. The minimum atomic E-state index is -0.644. The number of nitrogens with one attached hydrogen (secondary N) is 1. The number of hydrogen-bond donors (Lipinski definition) is 3. The van der Waals surface area contributed by atoms with E-state index in [4.69, 9.17) is 5.73 Å². The fraction of sp³-hybridized carbons (Fsp3) is 0.350. The van der Waals surface area contributed by atoms with Crippen molar-refractivity contribution in [2.45, 2.75) is 13.3 Å². The van der Waals surface area contributed by atoms with Crippen molar-refractivity contribution in [3.05, 3.63) is 64.7 Å². The Bertz CT molecular complexity index is 653. The van der Waals surface area contributed by atoms with Crippen molar-refractivity contribution < 1.29 is 13.6 Å². The summed E-state index contributed by atoms with van der Waals surface area (Å²) in [5.74, 6) is -1.03. The molecule has 0 aliphatic heterocycles. The van der Waals surface area contributed by atoms with Gasteiger partial charge in [0.25, 0.3) is 0 Å². The second kappa shape index (κ2) is 17.5. The number of benzene rings is 2. The van der Waals surface area contributed by atoms with E-state index < -0.39 is 11.6 Å². The third-order valence-electron chi connectivity index (χ3n) is 3.06. The number of thioether (sulfide) groups is 1. The van der Waals surface area contributed by atoms with Crippen LogP contribution < -0.4 is 16.8 Å². The summed E-state index contributed by atoms with van der Waals surface area (Å²) in [6.45, 7) is 3.14. The van der Waals surface area contributed by atoms with Crippen molar-refractivity contribution in [3.63, 3.8) is 0 Å². The van der Waals surface area contributed by atoms with Crippen LogP contribution in [0.25, 0.3) is 0 Å². The molecule has 7 heteroatoms. The Morgan fingerprint density at radius 2 is 1.70 bits per heavy atom. The van der Waals surface area contributed by atoms with Gasteiger partial charge in [0.1, 0.15) is 11.6 Å². The molecule has 2 aromatic rings. The minimum absolute atomic E-state index is 0.0457. The summed E-state index contributed by atoms with van der Waals surface area (Å²) in [5, 5.41) is 2.93. The van der Waals surface area contributed by atoms with Crippen LogP contribution in [0.15, 0.2) is 36.4 Å². The molecule has 0 spiro atoms. The van der Waals surface area contributed by atoms with E-state index in [1.54, 1.807) is 23.9 Å². The molecule has 5 N–H and O–H groups in total. The van der Waals surface area contributed by atoms with E-state index >= 15 is 0 Å². The van der Waals surface area contributed by atoms with E-state index in [0.717, 1.165) is 6.54 Å². The summed E-state index contributed by atoms with van der Waals surface area (Å²) in [5.41, 5.74) is 11.2. The van der Waals surface area contributed by atoms with Crippen molar-refractivity contribution in [3.8, 4) is 0 Å². The quantitative estimate of drug-likeness (QED) is 0.539. The average molecular weight is 400 g/mol. The molecule has 0 unspecified atom stereocenters. The Labute approximate surface area is 165 Å². The smallest absolute Gasteiger partial charge is 0.153 e. The van der Waals surface area contributed by atoms with Crippen molar-refractivity contribution in [2.24, 2.45) is 5.73 Å². The summed E-state index contributed by atoms with van der Waals surface area (Å²) in [6.07, 6.45) is 4.67. The van der Waals surface area contributed by atoms with Gasteiger partial charge in [0.15, 0.2) is 6.29 Å². The van der Waals surface area contributed by atoms with Gasteiger partial charge in [-0.2, -0.15) is 11.8 Å². The van der Waals surface area contributed by atoms with Crippen LogP contribution in [0.1, 0.15) is 28.4 Å². The zero-order valence-corrected chi connectivity index (χ0v) is 17.5. The van der Waals surface area contributed by atoms with Gasteiger partial charge in [0.2, 0.25) is 0 Å². The number of rotatable bonds is 4. The lowest BCUT2D eigenvalue weighted by Gasteiger charge is -2.09. The molecule has 0 atom stereocenters. The number of anilines is 1. The highest BCUT2D eigenvalue weighted by Gasteiger charge is 2.12. The third-order valence-corrected chi connectivity index (χ3v) is 3.06. The average Bonchev–Trinajstić information content (AvgIpc) is 2.68. The molecule has 0 saturated heterocycles. The molecular weight excluding hydrogens is 368 g/mol. The highest BCUT2D eigenvalue weighted by atomic mass is 32.2. The number of hydrogen-bond acceptors (Lipinski definition) is 5. The van der Waals surface area contributed by atoms with Gasteiger partial charge in [0.05, 0.1) is 5.56 Å². The van der Waals surface area contributed by atoms with Gasteiger partial charge in [-0.05, 0) is 63.0 Å². The molecule has 4 nitrogen and oxygen atoms in total. The van der Waals surface area contributed by atoms with Gasteiger partial charge in [-0.3, -0.25) is 4.79 Å². The first-order valence-corrected chi connectivity index (χ1v) is 9.97. The van der Waals surface area contributed by atoms with Crippen LogP contribution in [0.4, 0.5) is 14.5 Å². The van der Waals surface area contributed by atoms with E-state index in [2.05, 4.69) is 18.0 Å². The first-order valence-electron chi connectivity index (χ1n) is 8.33. The Morgan fingerprint density at radius 3 is 2.15 bits per heavy atom. The predicted octanol–water partition coefficient (Wildman–Crippen LogP) is 3.73. The number of aldehydes is 1. The van der Waals surface area contributed by atoms with Crippen LogP contribution in [-0.2, 0) is 6.42 Å². The van der Waals surface area contributed by atoms with Crippen LogP contribution in [-0.4, -0.2) is 39.4 Å². The summed E-state index contributed by atoms with van der Waals surface area (Å²) in [7, 11) is 3.43. The van der Waals surface area contributed by atoms with E-state index in [1.807, 2.05) is 19.6 Å². The summed E-state index contributed by atoms with van der Waals surface area (Å²) in [6, 6.07) is 8.64. The normalized spacial score (nSPS) is 8.89. The minimum Gasteiger partial charge on any atom is -0.398 e. The van der Waals surface area contributed by atoms with E-state index in [0.29, 0.717) is 11.8 Å². The molecule has 0 radical (unpaired) electrons. The van der Waals surface area contributed by atoms with E-state index in [-0.39, 0.29) is 23.2 Å². The van der Waals surface area contributed by atoms with Gasteiger partial charge in [-0.1, -0.05) is 19.1 Å². The maximum absolute atomic E-state index is 13.9. The Balaban J connectivity index is 0. The Kier molecular flexibility index (Phi) is 17.6. The molecule has 0 amide bonds. The molecule has 27 heavy (non-hydrogen) atoms. The number of halogens is 2. The van der Waals surface area contributed by atoms with Crippen LogP contribution >= 0.6 is 11.8 Å². The van der Waals surface area contributed by atoms with Gasteiger partial charge >= 0.3 is 0 Å². The van der Waals surface area contributed by atoms with Gasteiger partial charge in [0, 0.05) is 17.7 Å². The molecule has 0 saturated carbocycles. The van der Waals surface area contributed by atoms with E-state index in [9.17, 15) is 13.6 Å². The molecule has 152 valence electrons. The molecular formula is C20H31F2N3OS. The van der Waals surface area contributed by atoms with Crippen molar-refractivity contribution in [1.29, 1.82) is 0 Å². The maximum Gasteiger partial charge on any atom is 0.153 e. The molecule has 0 aromatic heterocycles. The maximum atomic E-state index is 13.9. The number of carbonyl (C=O) groups is 1. The summed E-state index contributed by atoms with van der Waals surface area (Å²) < 4.78 is 27.0. The monoisotopic (exact) mass is 399 g/mol. The van der Waals surface area contributed by atoms with E-state index in [1.165, 1.54) is 31.3 Å². The molecule has 0 heterocycles. The lowest BCUT2D eigenvalue weighted by atomic mass is 10.0. The highest BCUT2D eigenvalue weighted by Crippen LogP contribution is 2.22. The Morgan fingerprint density at radius 1 is 1.15 bits per heavy atom. The van der Waals surface area contributed by atoms with Crippen LogP contribution in [0, 0.1) is 11.6 Å². The molecule has 2 aromatic carbocycles. The molecule has 0 aliphatic carbocycles. The van der Waals surface area contributed by atoms with Crippen molar-refractivity contribution >= 4 is 23.7 Å². The fourth-order valence-corrected chi connectivity index (χ4v) is 1.78. The SMILES string of the molecule is CCNC.CN.CSC.Nc1ccc(C=O)c(F)c1Cc1cccc(F)c1. The number of nitrogens with two attached hydrogens (primary N) is 2. The molecule has 0 bridgehead atoms. The first-order chi connectivity index (χ1) is 12.9. The zero-order valence-electron chi connectivity index (χ0n) is 16.7. The first kappa shape index (κ1) is 27.3. The highest BCUT2D eigenvalue weighted by molar-refractivity contribution is 7.97. The standard InChI is InChI=1S/C14H11F2NO.C3H9N.C2H6S.CH5N/c15-11-3-1-2-9(6-11)7-12-13(17)5-4-10(8-18)14(12)16;1-3-4-2;1-3-2;1-2/h1-6,8H,7,17H2;4H,3H2,1-2H3;1-2H3;2H2,1H3. The van der Waals surface area contributed by atoms with Crippen molar-refractivity contribution in [1.82, 2.24) is 5.32 Å². The van der Waals surface area contributed by atoms with Gasteiger partial charge in [-0.25, -0.2) is 8.78 Å². The predicted molar refractivity (Wildman–Crippen MR) is 115 cm³/mol. The largest absolute Gasteiger partial charge is 0.398 e. The third kappa shape index (κ3) is 11.4. The van der Waals surface area contributed by atoms with Gasteiger partial charge < -0.3 is 16.8 Å². The lowest BCUT2D eigenvalue weighted by Crippen LogP contribution is -2.03. The lowest BCUT2D eigenvalue weighted by molar-refractivity contribution is 0.111. The van der Waals surface area contributed by atoms with Gasteiger partial charge in [-0.15, -0.1) is 0 Å². The molecule has 0 fully saturated rings. The second-order valence-electron chi connectivity index (χ2n) is 5.08. The van der Waals surface area contributed by atoms with Crippen LogP contribution in [0.3, 0.4) is 0 Å². The van der Waals surface area contributed by atoms with Crippen LogP contribution in [0.5, 0.6) is 0 Å². The summed E-state index contributed by atoms with van der Waals surface area (Å²) in [4.78, 5) is 10.7. The fourth-order valence-electron chi connectivity index (χ4n) is 1.78. The number of carbonyl (C=O) groups excluding carboxylic acids is 1. The Hall–Kier alpha value is -1.96. The second-order valence-corrected chi connectivity index (χ2v) is 5.89. The number of nitrogen functional groups attached to an aromatic ring is 1. The summed E-state index contributed by atoms with van der Waals surface area (Å²) >= 11 is 1.75.